The maximum Gasteiger partial charge on any atom is 0.407 e. The van der Waals surface area contributed by atoms with Gasteiger partial charge in [-0.15, -0.1) is 0 Å². The molecule has 3 aromatic carbocycles. The molecule has 3 aliphatic rings. The van der Waals surface area contributed by atoms with Gasteiger partial charge in [0.1, 0.15) is 23.7 Å². The number of nitrogens with one attached hydrogen (secondary N) is 4. The van der Waals surface area contributed by atoms with E-state index in [1.165, 1.54) is 14.2 Å². The second kappa shape index (κ2) is 19.6. The molecule has 4 amide bonds. The lowest BCUT2D eigenvalue weighted by Gasteiger charge is -2.32. The quantitative estimate of drug-likeness (QED) is 0.0753. The highest BCUT2D eigenvalue weighted by Crippen LogP contribution is 2.58. The zero-order valence-electron chi connectivity index (χ0n) is 37.9. The van der Waals surface area contributed by atoms with Crippen molar-refractivity contribution >= 4 is 34.8 Å². The Kier molecular flexibility index (Phi) is 13.7. The number of nitrogens with zero attached hydrogens (tertiary/aromatic N) is 4. The summed E-state index contributed by atoms with van der Waals surface area (Å²) in [7, 11) is 2.47. The normalized spacial score (nSPS) is 19.6. The first kappa shape index (κ1) is 46.2. The van der Waals surface area contributed by atoms with E-state index in [9.17, 15) is 28.0 Å². The van der Waals surface area contributed by atoms with Crippen molar-refractivity contribution in [2.45, 2.75) is 103 Å². The molecule has 2 aromatic heterocycles. The molecular formula is C49H58F2N8O7. The summed E-state index contributed by atoms with van der Waals surface area (Å²) in [5.74, 6) is 1.02. The van der Waals surface area contributed by atoms with Gasteiger partial charge in [-0.3, -0.25) is 9.59 Å². The molecule has 3 fully saturated rings. The van der Waals surface area contributed by atoms with E-state index in [2.05, 4.69) is 85.8 Å². The van der Waals surface area contributed by atoms with Crippen LogP contribution in [0.3, 0.4) is 0 Å². The van der Waals surface area contributed by atoms with Crippen LogP contribution >= 0.6 is 0 Å². The van der Waals surface area contributed by atoms with E-state index in [-0.39, 0.29) is 42.3 Å². The molecule has 15 nitrogen and oxygen atoms in total. The van der Waals surface area contributed by atoms with Crippen LogP contribution in [0, 0.1) is 17.3 Å². The SMILES string of the molecule is COC(=O)NC(CCOC(F)F)C(=O)N(Cc1ncc(-c2ccc(-c3ccc4cc(-c5cnc(C6CC7(CC7)CN6C(=O)C(NC(=O)OC)C(C)C)[nH]5)ccc4c3)cc2)[nH]1)C1CCC(C)C1. The van der Waals surface area contributed by atoms with Gasteiger partial charge in [0.05, 0.1) is 57.2 Å². The Hall–Kier alpha value is -6.36. The summed E-state index contributed by atoms with van der Waals surface area (Å²) in [6, 6.07) is 18.6. The lowest BCUT2D eigenvalue weighted by molar-refractivity contribution is -0.143. The summed E-state index contributed by atoms with van der Waals surface area (Å²) in [5, 5.41) is 7.38. The van der Waals surface area contributed by atoms with Crippen molar-refractivity contribution in [1.82, 2.24) is 40.4 Å². The number of alkyl halides is 2. The maximum absolute atomic E-state index is 14.0. The Morgan fingerprint density at radius 1 is 0.848 bits per heavy atom. The number of hydrogen-bond acceptors (Lipinski definition) is 9. The van der Waals surface area contributed by atoms with Gasteiger partial charge < -0.3 is 44.6 Å². The molecule has 1 saturated heterocycles. The van der Waals surface area contributed by atoms with Gasteiger partial charge in [-0.25, -0.2) is 19.6 Å². The molecule has 5 atom stereocenters. The second-order valence-corrected chi connectivity index (χ2v) is 18.5. The number of aromatic nitrogens is 4. The predicted octanol–water partition coefficient (Wildman–Crippen LogP) is 8.59. The first-order valence-electron chi connectivity index (χ1n) is 22.7. The van der Waals surface area contributed by atoms with E-state index in [4.69, 9.17) is 14.5 Å². The van der Waals surface area contributed by atoms with Crippen LogP contribution in [0.5, 0.6) is 0 Å². The topological polar surface area (TPSA) is 184 Å². The first-order chi connectivity index (χ1) is 31.7. The second-order valence-electron chi connectivity index (χ2n) is 18.5. The summed E-state index contributed by atoms with van der Waals surface area (Å²) in [6.45, 7) is 3.31. The lowest BCUT2D eigenvalue weighted by atomic mass is 9.98. The number of ether oxygens (including phenoxy) is 3. The van der Waals surface area contributed by atoms with E-state index < -0.39 is 43.4 Å². The molecule has 17 heteroatoms. The number of alkyl carbamates (subject to hydrolysis) is 2. The number of carbonyl (C=O) groups excluding carboxylic acids is 4. The van der Waals surface area contributed by atoms with Crippen LogP contribution in [0.2, 0.25) is 0 Å². The summed E-state index contributed by atoms with van der Waals surface area (Å²) in [4.78, 5) is 72.1. The highest BCUT2D eigenvalue weighted by Gasteiger charge is 2.55. The van der Waals surface area contributed by atoms with Crippen LogP contribution in [-0.2, 0) is 30.3 Å². The van der Waals surface area contributed by atoms with Gasteiger partial charge in [-0.1, -0.05) is 69.3 Å². The van der Waals surface area contributed by atoms with Crippen molar-refractivity contribution < 1.29 is 42.2 Å². The number of H-pyrrole nitrogens is 2. The summed E-state index contributed by atoms with van der Waals surface area (Å²) in [5.41, 5.74) is 5.67. The highest BCUT2D eigenvalue weighted by molar-refractivity contribution is 5.91. The third-order valence-electron chi connectivity index (χ3n) is 13.5. The zero-order valence-corrected chi connectivity index (χ0v) is 37.9. The highest BCUT2D eigenvalue weighted by atomic mass is 19.3. The Balaban J connectivity index is 0.946. The van der Waals surface area contributed by atoms with Crippen LogP contribution in [0.4, 0.5) is 18.4 Å². The lowest BCUT2D eigenvalue weighted by Crippen LogP contribution is -2.51. The number of carbonyl (C=O) groups is 4. The van der Waals surface area contributed by atoms with E-state index in [1.807, 2.05) is 37.1 Å². The van der Waals surface area contributed by atoms with E-state index in [0.29, 0.717) is 18.3 Å². The van der Waals surface area contributed by atoms with Gasteiger partial charge in [0.25, 0.3) is 0 Å². The molecule has 0 bridgehead atoms. The van der Waals surface area contributed by atoms with Crippen LogP contribution in [0.25, 0.3) is 44.4 Å². The van der Waals surface area contributed by atoms with Crippen LogP contribution in [-0.4, -0.2) is 106 Å². The first-order valence-corrected chi connectivity index (χ1v) is 22.7. The fourth-order valence-corrected chi connectivity index (χ4v) is 9.57. The molecule has 1 aliphatic heterocycles. The molecular weight excluding hydrogens is 851 g/mol. The molecule has 2 aliphatic carbocycles. The monoisotopic (exact) mass is 908 g/mol. The fourth-order valence-electron chi connectivity index (χ4n) is 9.57. The summed E-state index contributed by atoms with van der Waals surface area (Å²) < 4.78 is 39.5. The Labute approximate surface area is 382 Å². The number of aromatic amines is 2. The smallest absolute Gasteiger partial charge is 0.407 e. The Morgan fingerprint density at radius 2 is 1.48 bits per heavy atom. The fraction of sp³-hybridized carbons (Fsp3) is 0.469. The number of fused-ring (bicyclic) bond motifs is 1. The van der Waals surface area contributed by atoms with E-state index in [1.54, 1.807) is 11.1 Å². The third-order valence-corrected chi connectivity index (χ3v) is 13.5. The largest absolute Gasteiger partial charge is 0.453 e. The molecule has 8 rings (SSSR count). The Morgan fingerprint density at radius 3 is 2.14 bits per heavy atom. The number of benzene rings is 3. The third kappa shape index (κ3) is 10.4. The number of hydrogen-bond donors (Lipinski definition) is 4. The Bertz CT molecular complexity index is 2540. The van der Waals surface area contributed by atoms with Gasteiger partial charge in [-0.2, -0.15) is 8.78 Å². The van der Waals surface area contributed by atoms with Crippen LogP contribution < -0.4 is 10.6 Å². The minimum atomic E-state index is -3.00. The van der Waals surface area contributed by atoms with Crippen LogP contribution in [0.1, 0.15) is 83.4 Å². The van der Waals surface area contributed by atoms with Crippen LogP contribution in [0.15, 0.2) is 73.1 Å². The molecule has 1 spiro atoms. The average molecular weight is 909 g/mol. The molecule has 4 N–H and O–H groups in total. The minimum Gasteiger partial charge on any atom is -0.453 e. The number of amides is 4. The van der Waals surface area contributed by atoms with Gasteiger partial charge in [0.15, 0.2) is 0 Å². The van der Waals surface area contributed by atoms with Gasteiger partial charge >= 0.3 is 18.8 Å². The van der Waals surface area contributed by atoms with Gasteiger partial charge in [0.2, 0.25) is 11.8 Å². The number of methoxy groups -OCH3 is 2. The molecule has 5 unspecified atom stereocenters. The van der Waals surface area contributed by atoms with E-state index >= 15 is 0 Å². The maximum atomic E-state index is 14.0. The van der Waals surface area contributed by atoms with Crippen molar-refractivity contribution in [2.24, 2.45) is 17.3 Å². The summed E-state index contributed by atoms with van der Waals surface area (Å²) >= 11 is 0. The predicted molar refractivity (Wildman–Crippen MR) is 243 cm³/mol. The van der Waals surface area contributed by atoms with Crippen molar-refractivity contribution in [1.29, 1.82) is 0 Å². The minimum absolute atomic E-state index is 0.0995. The van der Waals surface area contributed by atoms with Crippen molar-refractivity contribution in [2.75, 3.05) is 27.4 Å². The molecule has 66 heavy (non-hydrogen) atoms. The van der Waals surface area contributed by atoms with Gasteiger partial charge in [-0.05, 0) is 95.4 Å². The van der Waals surface area contributed by atoms with Crippen molar-refractivity contribution in [3.8, 4) is 33.6 Å². The zero-order chi connectivity index (χ0) is 46.7. The van der Waals surface area contributed by atoms with Crippen molar-refractivity contribution in [3.05, 3.63) is 84.7 Å². The number of rotatable bonds is 16. The molecule has 2 saturated carbocycles. The molecule has 350 valence electrons. The molecule has 3 heterocycles. The van der Waals surface area contributed by atoms with Crippen molar-refractivity contribution in [3.63, 3.8) is 0 Å². The number of imidazole rings is 2. The number of halogens is 2. The number of likely N-dealkylation sites (tertiary alicyclic amines) is 1. The molecule has 5 aromatic rings. The van der Waals surface area contributed by atoms with Gasteiger partial charge in [0, 0.05) is 24.6 Å². The standard InChI is InChI=1S/C49H58F2N8O7/c1-28(2)42(57-48(63)65-5)45(61)59-27-49(17-18-49)23-40(59)43-53-25-39(55-43)35-14-13-33-21-32(11-12-34(33)22-35)30-7-9-31(10-8-30)38-24-52-41(54-38)26-58(36-15-6-29(3)20-36)44(60)37(56-47(62)64-4)16-19-66-46(50)51/h7-14,21-22,24-25,28-29,36-37,40,42,46H,6,15-20,23,26-27H2,1-5H3,(H,52,54)(H,53,55)(H,56,62)(H,57,63). The summed E-state index contributed by atoms with van der Waals surface area (Å²) in [6.07, 6.45) is 7.37. The molecule has 0 radical (unpaired) electrons. The average Bonchev–Trinajstić information content (AvgIpc) is 3.80. The van der Waals surface area contributed by atoms with E-state index in [0.717, 1.165) is 88.8 Å².